The molecule has 0 N–H and O–H groups in total. The summed E-state index contributed by atoms with van der Waals surface area (Å²) in [5.41, 5.74) is 0. The van der Waals surface area contributed by atoms with Gasteiger partial charge in [-0.25, -0.2) is 0 Å². The van der Waals surface area contributed by atoms with E-state index < -0.39 is 16.6 Å². The highest BCUT2D eigenvalue weighted by Crippen LogP contribution is 2.42. The van der Waals surface area contributed by atoms with E-state index in [9.17, 15) is 0 Å². The van der Waals surface area contributed by atoms with Gasteiger partial charge in [0.2, 0.25) is 8.32 Å². The van der Waals surface area contributed by atoms with Crippen LogP contribution in [0.5, 0.6) is 0 Å². The predicted molar refractivity (Wildman–Crippen MR) is 119 cm³/mol. The van der Waals surface area contributed by atoms with Crippen LogP contribution < -0.4 is 0 Å². The fourth-order valence-corrected chi connectivity index (χ4v) is 5.14. The van der Waals surface area contributed by atoms with Crippen LogP contribution in [0.15, 0.2) is 12.3 Å². The van der Waals surface area contributed by atoms with Gasteiger partial charge in [-0.3, -0.25) is 0 Å². The molecule has 0 aliphatic carbocycles. The van der Waals surface area contributed by atoms with Gasteiger partial charge in [0.15, 0.2) is 8.32 Å². The van der Waals surface area contributed by atoms with Gasteiger partial charge in [-0.15, -0.1) is 0 Å². The van der Waals surface area contributed by atoms with Crippen LogP contribution in [0.2, 0.25) is 36.3 Å². The zero-order valence-electron chi connectivity index (χ0n) is 19.9. The molecule has 0 bridgehead atoms. The molecule has 0 aromatic rings. The molecule has 1 heterocycles. The van der Waals surface area contributed by atoms with E-state index in [1.165, 1.54) is 0 Å². The lowest BCUT2D eigenvalue weighted by atomic mass is 9.93. The molecular weight excluding hydrogens is 372 g/mol. The highest BCUT2D eigenvalue weighted by molar-refractivity contribution is 6.74. The zero-order chi connectivity index (χ0) is 21.4. The maximum Gasteiger partial charge on any atom is 0.250 e. The number of hydrogen-bond donors (Lipinski definition) is 0. The molecule has 0 spiro atoms. The number of ether oxygens (including phenoxy) is 2. The third kappa shape index (κ3) is 5.69. The van der Waals surface area contributed by atoms with Gasteiger partial charge in [-0.05, 0) is 36.3 Å². The van der Waals surface area contributed by atoms with E-state index in [1.54, 1.807) is 7.11 Å². The summed E-state index contributed by atoms with van der Waals surface area (Å²) in [6.07, 6.45) is -0.524. The van der Waals surface area contributed by atoms with Crippen LogP contribution in [0, 0.1) is 5.92 Å². The number of rotatable bonds is 6. The van der Waals surface area contributed by atoms with E-state index >= 15 is 0 Å². The molecule has 1 rings (SSSR count). The Hall–Kier alpha value is -0.146. The normalized spacial score (nSPS) is 28.1. The zero-order valence-corrected chi connectivity index (χ0v) is 21.9. The Morgan fingerprint density at radius 1 is 0.926 bits per heavy atom. The van der Waals surface area contributed by atoms with Gasteiger partial charge in [-0.1, -0.05) is 55.0 Å². The fourth-order valence-electron chi connectivity index (χ4n) is 2.77. The maximum atomic E-state index is 6.81. The van der Waals surface area contributed by atoms with Crippen LogP contribution in [-0.2, 0) is 18.3 Å². The molecule has 1 aliphatic rings. The molecule has 6 heteroatoms. The summed E-state index contributed by atoms with van der Waals surface area (Å²) in [5, 5.41) is 0.215. The third-order valence-electron chi connectivity index (χ3n) is 6.74. The van der Waals surface area contributed by atoms with Gasteiger partial charge >= 0.3 is 0 Å². The molecule has 1 aliphatic heterocycles. The summed E-state index contributed by atoms with van der Waals surface area (Å²) in [4.78, 5) is 0. The number of hydrogen-bond acceptors (Lipinski definition) is 4. The molecule has 0 unspecified atom stereocenters. The maximum absolute atomic E-state index is 6.81. The molecule has 4 nitrogen and oxygen atoms in total. The summed E-state index contributed by atoms with van der Waals surface area (Å²) in [6, 6.07) is 0. The van der Waals surface area contributed by atoms with E-state index in [2.05, 4.69) is 81.2 Å². The third-order valence-corrected chi connectivity index (χ3v) is 15.6. The van der Waals surface area contributed by atoms with Crippen molar-refractivity contribution in [3.8, 4) is 0 Å². The highest BCUT2D eigenvalue weighted by Gasteiger charge is 2.49. The van der Waals surface area contributed by atoms with Crippen molar-refractivity contribution in [1.82, 2.24) is 0 Å². The molecule has 0 aromatic carbocycles. The van der Waals surface area contributed by atoms with Crippen molar-refractivity contribution in [1.29, 1.82) is 0 Å². The van der Waals surface area contributed by atoms with Gasteiger partial charge in [0.05, 0.1) is 12.7 Å². The van der Waals surface area contributed by atoms with Crippen LogP contribution in [0.4, 0.5) is 0 Å². The molecule has 160 valence electrons. The van der Waals surface area contributed by atoms with Crippen LogP contribution in [0.3, 0.4) is 0 Å². The van der Waals surface area contributed by atoms with Gasteiger partial charge < -0.3 is 18.3 Å². The Labute approximate surface area is 170 Å². The average molecular weight is 417 g/mol. The molecule has 0 radical (unpaired) electrons. The van der Waals surface area contributed by atoms with E-state index in [4.69, 9.17) is 18.3 Å². The topological polar surface area (TPSA) is 36.9 Å². The summed E-state index contributed by atoms with van der Waals surface area (Å²) in [6.45, 7) is 29.5. The lowest BCUT2D eigenvalue weighted by Crippen LogP contribution is -2.58. The Bertz CT molecular complexity index is 517. The molecular formula is C21H44O4Si2. The summed E-state index contributed by atoms with van der Waals surface area (Å²) >= 11 is 0. The molecule has 0 aromatic heterocycles. The highest BCUT2D eigenvalue weighted by atomic mass is 28.4. The summed E-state index contributed by atoms with van der Waals surface area (Å²) in [5.74, 6) is 0.959. The second-order valence-electron chi connectivity index (χ2n) is 11.1. The molecule has 0 amide bonds. The lowest BCUT2D eigenvalue weighted by Gasteiger charge is -2.48. The average Bonchev–Trinajstić information content (AvgIpc) is 2.44. The Morgan fingerprint density at radius 2 is 1.41 bits per heavy atom. The molecule has 1 fully saturated rings. The SMILES string of the molecule is C=C(O[Si](C)(C)C(C)(C)C)[C@@H]1OC[C@H](C)[C@H](OC)[C@H]1O[Si](C)(C)C(C)(C)C. The van der Waals surface area contributed by atoms with Crippen LogP contribution in [0.1, 0.15) is 48.5 Å². The van der Waals surface area contributed by atoms with Crippen molar-refractivity contribution in [2.75, 3.05) is 13.7 Å². The van der Waals surface area contributed by atoms with Crippen LogP contribution in [-0.4, -0.2) is 48.7 Å². The van der Waals surface area contributed by atoms with Gasteiger partial charge in [0, 0.05) is 13.0 Å². The summed E-state index contributed by atoms with van der Waals surface area (Å²) in [7, 11) is -2.23. The minimum absolute atomic E-state index is 0.0300. The molecule has 1 saturated heterocycles. The Balaban J connectivity index is 3.16. The van der Waals surface area contributed by atoms with E-state index in [1.807, 2.05) is 0 Å². The first-order valence-corrected chi connectivity index (χ1v) is 16.0. The fraction of sp³-hybridized carbons (Fsp3) is 0.905. The van der Waals surface area contributed by atoms with Crippen molar-refractivity contribution in [2.45, 2.75) is 103 Å². The largest absolute Gasteiger partial charge is 0.545 e. The van der Waals surface area contributed by atoms with E-state index in [0.717, 1.165) is 0 Å². The van der Waals surface area contributed by atoms with E-state index in [0.29, 0.717) is 12.4 Å². The van der Waals surface area contributed by atoms with Crippen LogP contribution in [0.25, 0.3) is 0 Å². The molecule has 0 saturated carbocycles. The van der Waals surface area contributed by atoms with Crippen molar-refractivity contribution in [2.24, 2.45) is 5.92 Å². The van der Waals surface area contributed by atoms with Crippen molar-refractivity contribution >= 4 is 16.6 Å². The second-order valence-corrected chi connectivity index (χ2v) is 20.6. The Kier molecular flexibility index (Phi) is 7.66. The van der Waals surface area contributed by atoms with Gasteiger partial charge in [0.1, 0.15) is 18.0 Å². The predicted octanol–water partition coefficient (Wildman–Crippen LogP) is 5.96. The van der Waals surface area contributed by atoms with Crippen molar-refractivity contribution in [3.05, 3.63) is 12.3 Å². The van der Waals surface area contributed by atoms with E-state index in [-0.39, 0.29) is 34.3 Å². The smallest absolute Gasteiger partial charge is 0.250 e. The number of methoxy groups -OCH3 is 1. The first-order chi connectivity index (χ1) is 11.9. The monoisotopic (exact) mass is 416 g/mol. The minimum Gasteiger partial charge on any atom is -0.545 e. The van der Waals surface area contributed by atoms with Gasteiger partial charge in [0.25, 0.3) is 0 Å². The first kappa shape index (κ1) is 24.9. The summed E-state index contributed by atoms with van der Waals surface area (Å²) < 4.78 is 25.4. The quantitative estimate of drug-likeness (QED) is 0.395. The van der Waals surface area contributed by atoms with Crippen LogP contribution >= 0.6 is 0 Å². The van der Waals surface area contributed by atoms with Crippen molar-refractivity contribution in [3.63, 3.8) is 0 Å². The lowest BCUT2D eigenvalue weighted by molar-refractivity contribution is -0.160. The molecule has 4 atom stereocenters. The molecule has 27 heavy (non-hydrogen) atoms. The minimum atomic E-state index is -2.01. The Morgan fingerprint density at radius 3 is 1.81 bits per heavy atom. The van der Waals surface area contributed by atoms with Gasteiger partial charge in [-0.2, -0.15) is 0 Å². The first-order valence-electron chi connectivity index (χ1n) is 10.1. The van der Waals surface area contributed by atoms with Crippen molar-refractivity contribution < 1.29 is 18.3 Å². The standard InChI is InChI=1S/C21H44O4Si2/c1-15-14-23-18(16(2)24-26(10,11)20(3,4)5)19(17(15)22-9)25-27(12,13)21(6,7)8/h15,17-19H,2,14H2,1,3-13H3/t15-,17-,18-,19+/m0/s1. The second kappa shape index (κ2) is 8.30.